The standard InChI is InChI=1S/C30H37NO11/c1-15-7-8-17-13-20-30(37)10-9-18(24-29(30,11-12-31(20)6)22(17)23(15)40-24)39-26(35)27(36)41-25(34)19(38-16(2)32)14-21(33)42-28(3,4)5/h7-9,19-20,24,27,36-37H,10-14H2,1-6H3/t19-,20+,24-,27+,29-,30+/m0/s1. The number of aliphatic hydroxyl groups excluding tert-OH is 1. The van der Waals surface area contributed by atoms with E-state index in [1.165, 1.54) is 0 Å². The molecule has 2 bridgehead atoms. The van der Waals surface area contributed by atoms with Crippen molar-refractivity contribution in [1.29, 1.82) is 0 Å². The van der Waals surface area contributed by atoms with E-state index >= 15 is 0 Å². The van der Waals surface area contributed by atoms with Crippen molar-refractivity contribution < 1.29 is 53.1 Å². The molecule has 1 saturated heterocycles. The Morgan fingerprint density at radius 2 is 1.88 bits per heavy atom. The van der Waals surface area contributed by atoms with Gasteiger partial charge in [0.2, 0.25) is 6.10 Å². The second-order valence-corrected chi connectivity index (χ2v) is 12.5. The molecule has 1 fully saturated rings. The summed E-state index contributed by atoms with van der Waals surface area (Å²) < 4.78 is 26.9. The zero-order valence-electron chi connectivity index (χ0n) is 24.6. The number of likely N-dealkylation sites (tertiary alicyclic amines) is 1. The summed E-state index contributed by atoms with van der Waals surface area (Å²) in [7, 11) is 1.98. The Hall–Kier alpha value is -3.48. The molecule has 42 heavy (non-hydrogen) atoms. The van der Waals surface area contributed by atoms with Crippen LogP contribution < -0.4 is 4.74 Å². The first-order chi connectivity index (χ1) is 19.6. The number of rotatable bonds is 7. The Kier molecular flexibility index (Phi) is 7.39. The Morgan fingerprint density at radius 1 is 1.17 bits per heavy atom. The molecule has 0 unspecified atom stereocenters. The van der Waals surface area contributed by atoms with Crippen LogP contribution in [0, 0.1) is 6.92 Å². The van der Waals surface area contributed by atoms with Gasteiger partial charge >= 0.3 is 23.9 Å². The van der Waals surface area contributed by atoms with Crippen LogP contribution in [0.25, 0.3) is 0 Å². The summed E-state index contributed by atoms with van der Waals surface area (Å²) in [5.74, 6) is -3.63. The highest BCUT2D eigenvalue weighted by atomic mass is 16.7. The van der Waals surface area contributed by atoms with Crippen LogP contribution in [0.5, 0.6) is 5.75 Å². The average molecular weight is 588 g/mol. The van der Waals surface area contributed by atoms with E-state index < -0.39 is 65.4 Å². The smallest absolute Gasteiger partial charge is 0.381 e. The number of carbonyl (C=O) groups is 4. The monoisotopic (exact) mass is 587 g/mol. The maximum Gasteiger partial charge on any atom is 0.381 e. The molecule has 2 heterocycles. The van der Waals surface area contributed by atoms with Crippen molar-refractivity contribution in [3.8, 4) is 5.75 Å². The Morgan fingerprint density at radius 3 is 2.55 bits per heavy atom. The molecular weight excluding hydrogens is 550 g/mol. The molecule has 1 spiro atoms. The lowest BCUT2D eigenvalue weighted by Gasteiger charge is -2.61. The number of benzene rings is 1. The lowest BCUT2D eigenvalue weighted by Crippen LogP contribution is -2.74. The molecule has 228 valence electrons. The van der Waals surface area contributed by atoms with E-state index in [-0.39, 0.29) is 18.2 Å². The van der Waals surface area contributed by atoms with E-state index in [0.29, 0.717) is 25.1 Å². The van der Waals surface area contributed by atoms with E-state index in [2.05, 4.69) is 11.0 Å². The first kappa shape index (κ1) is 30.0. The minimum absolute atomic E-state index is 0.0943. The zero-order chi connectivity index (χ0) is 30.8. The molecule has 0 aromatic heterocycles. The number of piperidine rings is 1. The highest BCUT2D eigenvalue weighted by Crippen LogP contribution is 2.64. The van der Waals surface area contributed by atoms with Crippen LogP contribution in [0.4, 0.5) is 0 Å². The van der Waals surface area contributed by atoms with Crippen molar-refractivity contribution in [3.05, 3.63) is 40.7 Å². The van der Waals surface area contributed by atoms with Crippen molar-refractivity contribution in [2.45, 2.75) is 101 Å². The molecule has 2 aliphatic carbocycles. The molecule has 1 aromatic rings. The van der Waals surface area contributed by atoms with Crippen LogP contribution in [0.15, 0.2) is 24.0 Å². The van der Waals surface area contributed by atoms with Crippen molar-refractivity contribution in [3.63, 3.8) is 0 Å². The molecule has 12 nitrogen and oxygen atoms in total. The van der Waals surface area contributed by atoms with Gasteiger partial charge in [-0.25, -0.2) is 9.59 Å². The molecule has 12 heteroatoms. The largest absolute Gasteiger partial charge is 0.481 e. The summed E-state index contributed by atoms with van der Waals surface area (Å²) in [5, 5.41) is 22.7. The molecule has 4 aliphatic rings. The molecule has 0 amide bonds. The second kappa shape index (κ2) is 10.4. The van der Waals surface area contributed by atoms with Crippen LogP contribution in [0.1, 0.15) is 63.6 Å². The number of aryl methyl sites for hydroxylation is 1. The first-order valence-corrected chi connectivity index (χ1v) is 14.0. The number of aliphatic hydroxyl groups is 2. The van der Waals surface area contributed by atoms with E-state index in [9.17, 15) is 29.4 Å². The summed E-state index contributed by atoms with van der Waals surface area (Å²) in [5.41, 5.74) is -0.0342. The third kappa shape index (κ3) is 4.84. The van der Waals surface area contributed by atoms with E-state index in [0.717, 1.165) is 23.6 Å². The fourth-order valence-electron chi connectivity index (χ4n) is 6.89. The second-order valence-electron chi connectivity index (χ2n) is 12.5. The van der Waals surface area contributed by atoms with Gasteiger partial charge in [0.25, 0.3) is 6.29 Å². The molecule has 5 rings (SSSR count). The molecular formula is C30H37NO11. The van der Waals surface area contributed by atoms with E-state index in [1.807, 2.05) is 20.0 Å². The Bertz CT molecular complexity index is 1360. The molecule has 0 saturated carbocycles. The fraction of sp³-hybridized carbons (Fsp3) is 0.600. The van der Waals surface area contributed by atoms with Gasteiger partial charge in [-0.05, 0) is 71.3 Å². The highest BCUT2D eigenvalue weighted by Gasteiger charge is 2.71. The Balaban J connectivity index is 1.34. The third-order valence-electron chi connectivity index (χ3n) is 8.56. The Labute approximate surface area is 243 Å². The number of nitrogens with zero attached hydrogens (tertiary/aromatic N) is 1. The number of esters is 4. The molecule has 0 radical (unpaired) electrons. The lowest BCUT2D eigenvalue weighted by atomic mass is 9.50. The predicted octanol–water partition coefficient (Wildman–Crippen LogP) is 1.34. The van der Waals surface area contributed by atoms with Gasteiger partial charge in [0.15, 0.2) is 6.10 Å². The van der Waals surface area contributed by atoms with Crippen molar-refractivity contribution >= 4 is 23.9 Å². The van der Waals surface area contributed by atoms with Crippen molar-refractivity contribution in [2.75, 3.05) is 13.6 Å². The maximum atomic E-state index is 13.0. The SMILES string of the molecule is CC(=O)O[C@@H](CC(=O)OC(C)(C)C)C(=O)O[C@@H](O)C(=O)OC1=CC[C@@]2(O)[C@H]3Cc4ccc(C)c5c4[C@@]2(CCN3C)[C@H]1O5. The van der Waals surface area contributed by atoms with Gasteiger partial charge in [-0.15, -0.1) is 0 Å². The third-order valence-corrected chi connectivity index (χ3v) is 8.56. The molecule has 6 atom stereocenters. The molecule has 2 N–H and O–H groups in total. The van der Waals surface area contributed by atoms with Gasteiger partial charge in [0, 0.05) is 24.9 Å². The summed E-state index contributed by atoms with van der Waals surface area (Å²) in [6.07, 6.45) is -2.73. The summed E-state index contributed by atoms with van der Waals surface area (Å²) in [6.45, 7) is 8.50. The van der Waals surface area contributed by atoms with Gasteiger partial charge in [0.05, 0.1) is 17.4 Å². The van der Waals surface area contributed by atoms with Crippen molar-refractivity contribution in [1.82, 2.24) is 4.90 Å². The average Bonchev–Trinajstić information content (AvgIpc) is 3.23. The zero-order valence-corrected chi connectivity index (χ0v) is 24.6. The first-order valence-electron chi connectivity index (χ1n) is 14.0. The quantitative estimate of drug-likeness (QED) is 0.268. The summed E-state index contributed by atoms with van der Waals surface area (Å²) in [6, 6.07) is 3.84. The van der Waals surface area contributed by atoms with Crippen LogP contribution >= 0.6 is 0 Å². The van der Waals surface area contributed by atoms with Crippen LogP contribution in [0.2, 0.25) is 0 Å². The maximum absolute atomic E-state index is 13.0. The van der Waals surface area contributed by atoms with Gasteiger partial charge in [-0.2, -0.15) is 0 Å². The number of carbonyl (C=O) groups excluding carboxylic acids is 4. The van der Waals surface area contributed by atoms with Crippen LogP contribution in [-0.4, -0.2) is 88.3 Å². The number of ether oxygens (including phenoxy) is 5. The molecule has 1 aromatic carbocycles. The fourth-order valence-corrected chi connectivity index (χ4v) is 6.89. The topological polar surface area (TPSA) is 158 Å². The van der Waals surface area contributed by atoms with Crippen molar-refractivity contribution in [2.24, 2.45) is 0 Å². The highest BCUT2D eigenvalue weighted by molar-refractivity contribution is 5.86. The van der Waals surface area contributed by atoms with Gasteiger partial charge < -0.3 is 38.8 Å². The van der Waals surface area contributed by atoms with Gasteiger partial charge in [-0.3, -0.25) is 9.59 Å². The molecule has 2 aliphatic heterocycles. The van der Waals surface area contributed by atoms with Gasteiger partial charge in [-0.1, -0.05) is 12.1 Å². The summed E-state index contributed by atoms with van der Waals surface area (Å²) in [4.78, 5) is 51.6. The van der Waals surface area contributed by atoms with E-state index in [1.54, 1.807) is 26.8 Å². The minimum Gasteiger partial charge on any atom is -0.481 e. The van der Waals surface area contributed by atoms with E-state index in [4.69, 9.17) is 23.7 Å². The lowest BCUT2D eigenvalue weighted by molar-refractivity contribution is -0.201. The predicted molar refractivity (Wildman–Crippen MR) is 144 cm³/mol. The van der Waals surface area contributed by atoms with Crippen LogP contribution in [0.3, 0.4) is 0 Å². The van der Waals surface area contributed by atoms with Crippen LogP contribution in [-0.2, 0) is 50.0 Å². The number of hydrogen-bond acceptors (Lipinski definition) is 12. The normalized spacial score (nSPS) is 28.8. The summed E-state index contributed by atoms with van der Waals surface area (Å²) >= 11 is 0. The number of hydrogen-bond donors (Lipinski definition) is 2. The number of likely N-dealkylation sites (N-methyl/N-ethyl adjacent to an activating group) is 1. The van der Waals surface area contributed by atoms with Gasteiger partial charge in [0.1, 0.15) is 17.1 Å². The minimum atomic E-state index is -2.40.